The lowest BCUT2D eigenvalue weighted by Gasteiger charge is -2.35. The van der Waals surface area contributed by atoms with Gasteiger partial charge in [-0.1, -0.05) is 0 Å². The molecule has 0 aromatic heterocycles. The van der Waals surface area contributed by atoms with Crippen molar-refractivity contribution in [2.75, 3.05) is 38.8 Å². The Morgan fingerprint density at radius 1 is 1.36 bits per heavy atom. The van der Waals surface area contributed by atoms with Gasteiger partial charge >= 0.3 is 5.97 Å². The summed E-state index contributed by atoms with van der Waals surface area (Å²) >= 11 is 0. The van der Waals surface area contributed by atoms with Gasteiger partial charge in [0.25, 0.3) is 0 Å². The van der Waals surface area contributed by atoms with Crippen LogP contribution in [0.3, 0.4) is 0 Å². The van der Waals surface area contributed by atoms with E-state index in [4.69, 9.17) is 9.47 Å². The van der Waals surface area contributed by atoms with Crippen molar-refractivity contribution in [3.05, 3.63) is 18.2 Å². The normalized spacial score (nSPS) is 24.4. The van der Waals surface area contributed by atoms with Crippen molar-refractivity contribution >= 4 is 21.7 Å². The van der Waals surface area contributed by atoms with Gasteiger partial charge in [0.05, 0.1) is 30.3 Å². The summed E-state index contributed by atoms with van der Waals surface area (Å²) in [6.07, 6.45) is -0.427. The third-order valence-electron chi connectivity index (χ3n) is 4.63. The Bertz CT molecular complexity index is 766. The lowest BCUT2D eigenvalue weighted by molar-refractivity contribution is -0.147. The summed E-state index contributed by atoms with van der Waals surface area (Å²) in [5.74, 6) is -0.169. The van der Waals surface area contributed by atoms with Crippen LogP contribution in [-0.4, -0.2) is 69.8 Å². The maximum atomic E-state index is 13.1. The van der Waals surface area contributed by atoms with Gasteiger partial charge in [0.2, 0.25) is 10.0 Å². The van der Waals surface area contributed by atoms with E-state index in [1.807, 2.05) is 11.9 Å². The lowest BCUT2D eigenvalue weighted by Crippen LogP contribution is -2.51. The number of carbonyl (C=O) groups is 1. The zero-order chi connectivity index (χ0) is 18.2. The third kappa shape index (κ3) is 3.31. The summed E-state index contributed by atoms with van der Waals surface area (Å²) in [5, 5.41) is 9.81. The van der Waals surface area contributed by atoms with Gasteiger partial charge < -0.3 is 19.5 Å². The average Bonchev–Trinajstić information content (AvgIpc) is 2.60. The highest BCUT2D eigenvalue weighted by molar-refractivity contribution is 7.89. The second-order valence-electron chi connectivity index (χ2n) is 6.23. The van der Waals surface area contributed by atoms with Gasteiger partial charge in [0, 0.05) is 26.1 Å². The largest absolute Gasteiger partial charge is 0.490 e. The molecule has 9 heteroatoms. The van der Waals surface area contributed by atoms with Crippen LogP contribution in [-0.2, 0) is 19.6 Å². The molecule has 1 aromatic rings. The molecule has 0 spiro atoms. The zero-order valence-electron chi connectivity index (χ0n) is 14.2. The molecule has 0 amide bonds. The van der Waals surface area contributed by atoms with Crippen molar-refractivity contribution in [2.24, 2.45) is 0 Å². The van der Waals surface area contributed by atoms with E-state index in [1.165, 1.54) is 19.2 Å². The molecule has 0 saturated carbocycles. The van der Waals surface area contributed by atoms with Gasteiger partial charge in [-0.15, -0.1) is 0 Å². The molecule has 25 heavy (non-hydrogen) atoms. The number of anilines is 1. The van der Waals surface area contributed by atoms with E-state index in [1.54, 1.807) is 6.07 Å². The number of esters is 1. The van der Waals surface area contributed by atoms with Crippen LogP contribution in [0.1, 0.15) is 12.8 Å². The van der Waals surface area contributed by atoms with E-state index in [0.29, 0.717) is 12.4 Å². The quantitative estimate of drug-likeness (QED) is 0.760. The summed E-state index contributed by atoms with van der Waals surface area (Å²) in [4.78, 5) is 14.1. The number of piperidine rings is 1. The fraction of sp³-hybridized carbons (Fsp3) is 0.562. The van der Waals surface area contributed by atoms with Gasteiger partial charge in [0.1, 0.15) is 18.4 Å². The van der Waals surface area contributed by atoms with Crippen molar-refractivity contribution in [1.29, 1.82) is 0 Å². The Morgan fingerprint density at radius 2 is 2.12 bits per heavy atom. The van der Waals surface area contributed by atoms with Crippen molar-refractivity contribution in [3.63, 3.8) is 0 Å². The van der Waals surface area contributed by atoms with Gasteiger partial charge in [0.15, 0.2) is 0 Å². The Morgan fingerprint density at radius 3 is 2.84 bits per heavy atom. The third-order valence-corrected chi connectivity index (χ3v) is 6.54. The van der Waals surface area contributed by atoms with E-state index in [9.17, 15) is 18.3 Å². The second kappa shape index (κ2) is 6.81. The van der Waals surface area contributed by atoms with Crippen molar-refractivity contribution < 1.29 is 27.8 Å². The highest BCUT2D eigenvalue weighted by atomic mass is 32.2. The summed E-state index contributed by atoms with van der Waals surface area (Å²) in [5.41, 5.74) is 0.823. The molecule has 0 bridgehead atoms. The molecule has 2 aliphatic heterocycles. The molecular weight excluding hydrogens is 348 g/mol. The Labute approximate surface area is 147 Å². The molecule has 0 unspecified atom stereocenters. The smallest absolute Gasteiger partial charge is 0.324 e. The number of aliphatic hydroxyl groups excluding tert-OH is 1. The number of sulfonamides is 1. The van der Waals surface area contributed by atoms with Crippen LogP contribution >= 0.6 is 0 Å². The van der Waals surface area contributed by atoms with Gasteiger partial charge in [-0.3, -0.25) is 4.79 Å². The van der Waals surface area contributed by atoms with E-state index in [0.717, 1.165) is 16.5 Å². The van der Waals surface area contributed by atoms with E-state index >= 15 is 0 Å². The molecule has 1 fully saturated rings. The number of hydrogen-bond donors (Lipinski definition) is 1. The maximum absolute atomic E-state index is 13.1. The molecule has 1 N–H and O–H groups in total. The highest BCUT2D eigenvalue weighted by Crippen LogP contribution is 2.35. The number of benzene rings is 1. The lowest BCUT2D eigenvalue weighted by atomic mass is 10.0. The van der Waals surface area contributed by atoms with Crippen molar-refractivity contribution in [1.82, 2.24) is 4.31 Å². The van der Waals surface area contributed by atoms with Crippen LogP contribution in [0.2, 0.25) is 0 Å². The maximum Gasteiger partial charge on any atom is 0.324 e. The standard InChI is InChI=1S/C16H22N2O6S/c1-17-7-8-24-15-10-12(3-4-13(15)17)25(21,22)18-6-5-11(19)9-14(18)16(20)23-2/h3-4,10-11,14,19H,5-9H2,1-2H3/t11-,14+/m0/s1. The molecule has 0 aliphatic carbocycles. The SMILES string of the molecule is COC(=O)[C@H]1C[C@@H](O)CCN1S(=O)(=O)c1ccc2c(c1)OCCN2C. The van der Waals surface area contributed by atoms with Gasteiger partial charge in [-0.05, 0) is 18.6 Å². The number of hydrogen-bond acceptors (Lipinski definition) is 7. The molecular formula is C16H22N2O6S. The Kier molecular flexibility index (Phi) is 4.90. The Balaban J connectivity index is 1.96. The number of methoxy groups -OCH3 is 1. The first kappa shape index (κ1) is 18.0. The number of rotatable bonds is 3. The van der Waals surface area contributed by atoms with Gasteiger partial charge in [-0.25, -0.2) is 8.42 Å². The molecule has 2 heterocycles. The second-order valence-corrected chi connectivity index (χ2v) is 8.12. The van der Waals surface area contributed by atoms with Gasteiger partial charge in [-0.2, -0.15) is 4.31 Å². The molecule has 138 valence electrons. The number of aliphatic hydroxyl groups is 1. The summed E-state index contributed by atoms with van der Waals surface area (Å²) in [6.45, 7) is 1.27. The number of carbonyl (C=O) groups excluding carboxylic acids is 1. The number of likely N-dealkylation sites (N-methyl/N-ethyl adjacent to an activating group) is 1. The first-order valence-corrected chi connectivity index (χ1v) is 9.54. The number of fused-ring (bicyclic) bond motifs is 1. The van der Waals surface area contributed by atoms with Crippen LogP contribution < -0.4 is 9.64 Å². The Hall–Kier alpha value is -1.84. The van der Waals surface area contributed by atoms with Crippen LogP contribution in [0.5, 0.6) is 5.75 Å². The fourth-order valence-corrected chi connectivity index (χ4v) is 4.82. The summed E-state index contributed by atoms with van der Waals surface area (Å²) in [7, 11) is -0.801. The zero-order valence-corrected chi connectivity index (χ0v) is 15.0. The molecule has 2 atom stereocenters. The highest BCUT2D eigenvalue weighted by Gasteiger charge is 2.41. The van der Waals surface area contributed by atoms with E-state index in [-0.39, 0.29) is 24.3 Å². The molecule has 8 nitrogen and oxygen atoms in total. The van der Waals surface area contributed by atoms with Crippen molar-refractivity contribution in [2.45, 2.75) is 29.9 Å². The summed E-state index contributed by atoms with van der Waals surface area (Å²) in [6, 6.07) is 3.67. The van der Waals surface area contributed by atoms with E-state index in [2.05, 4.69) is 0 Å². The first-order chi connectivity index (χ1) is 11.8. The minimum Gasteiger partial charge on any atom is -0.490 e. The van der Waals surface area contributed by atoms with Crippen LogP contribution in [0, 0.1) is 0 Å². The summed E-state index contributed by atoms with van der Waals surface area (Å²) < 4.78 is 37.5. The van der Waals surface area contributed by atoms with Crippen LogP contribution in [0.15, 0.2) is 23.1 Å². The molecule has 1 saturated heterocycles. The number of nitrogens with zero attached hydrogens (tertiary/aromatic N) is 2. The van der Waals surface area contributed by atoms with Crippen LogP contribution in [0.4, 0.5) is 5.69 Å². The molecule has 0 radical (unpaired) electrons. The number of ether oxygens (including phenoxy) is 2. The molecule has 2 aliphatic rings. The topological polar surface area (TPSA) is 96.4 Å². The predicted molar refractivity (Wildman–Crippen MR) is 90.1 cm³/mol. The van der Waals surface area contributed by atoms with E-state index < -0.39 is 28.1 Å². The minimum absolute atomic E-state index is 0.0239. The van der Waals surface area contributed by atoms with Crippen LogP contribution in [0.25, 0.3) is 0 Å². The monoisotopic (exact) mass is 370 g/mol. The predicted octanol–water partition coefficient (Wildman–Crippen LogP) is 0.202. The first-order valence-electron chi connectivity index (χ1n) is 8.10. The molecule has 3 rings (SSSR count). The fourth-order valence-electron chi connectivity index (χ4n) is 3.20. The van der Waals surface area contributed by atoms with Crippen molar-refractivity contribution in [3.8, 4) is 5.75 Å². The average molecular weight is 370 g/mol. The minimum atomic E-state index is -3.92. The molecule has 1 aromatic carbocycles.